The smallest absolute Gasteiger partial charge is 0.284 e. The number of rotatable bonds is 6. The van der Waals surface area contributed by atoms with Crippen molar-refractivity contribution in [2.75, 3.05) is 58.2 Å². The molecule has 0 spiro atoms. The van der Waals surface area contributed by atoms with Gasteiger partial charge in [0.25, 0.3) is 31.9 Å². The van der Waals surface area contributed by atoms with Crippen molar-refractivity contribution < 1.29 is 26.4 Å². The quantitative estimate of drug-likeness (QED) is 0.0944. The van der Waals surface area contributed by atoms with E-state index in [2.05, 4.69) is 159 Å². The van der Waals surface area contributed by atoms with Gasteiger partial charge in [-0.1, -0.05) is 149 Å². The summed E-state index contributed by atoms with van der Waals surface area (Å²) in [7, 11) is -6.70. The third-order valence-electron chi connectivity index (χ3n) is 17.0. The number of halogens is 1. The number of anilines is 4. The van der Waals surface area contributed by atoms with E-state index in [4.69, 9.17) is 9.97 Å². The van der Waals surface area contributed by atoms with Gasteiger partial charge in [-0.25, -0.2) is 28.5 Å². The van der Waals surface area contributed by atoms with Crippen molar-refractivity contribution in [2.24, 2.45) is 11.8 Å². The predicted molar refractivity (Wildman–Crippen MR) is 359 cm³/mol. The van der Waals surface area contributed by atoms with Crippen molar-refractivity contribution in [3.05, 3.63) is 180 Å². The molecule has 4 aliphatic rings. The standard InChI is InChI=1S/C34H43N5O3S.C33H41N5O3S.CH3I/c1-8-21-39-32(40)26-18-20-28(33(2,3)4)35-31(26)38-23-24(22-34(38,5)6)17-19-27(25-13-10-9-11-14-25)37(7)29-15-12-16-30(36-29)43(39,41)42;1-7-20-38-31(39)25-17-19-27(32(2,3)4)35-30(25)37-22-23(21-33(37,5)6)16-18-26(24-12-9-8-10-13-24)34-28-14-11-15-29(36-28)42(38,40)41;1-2/h8-16,18,20,24,27H,1,17,19,21-23H2,2-7H3;7-15,17,19,23,26H,1,16,18,20-22H2,2-6H3,(H,34,36);1H3/t24-,27?;23-,26?;/m00./s1. The number of amides is 2. The number of pyridine rings is 4. The van der Waals surface area contributed by atoms with E-state index < -0.39 is 31.9 Å². The molecule has 4 aliphatic heterocycles. The largest absolute Gasteiger partial charge is 0.363 e. The number of sulfonamides is 2. The Morgan fingerprint density at radius 1 is 0.563 bits per heavy atom. The van der Waals surface area contributed by atoms with Gasteiger partial charge >= 0.3 is 0 Å². The number of benzene rings is 2. The molecule has 8 bridgehead atoms. The maximum absolute atomic E-state index is 14.3. The van der Waals surface area contributed by atoms with Gasteiger partial charge in [0.05, 0.1) is 36.3 Å². The fraction of sp³-hybridized carbons (Fsp3) is 0.441. The Hall–Kier alpha value is -6.71. The summed E-state index contributed by atoms with van der Waals surface area (Å²) in [4.78, 5) is 56.3. The molecule has 87 heavy (non-hydrogen) atoms. The van der Waals surface area contributed by atoms with Gasteiger partial charge < -0.3 is 20.0 Å². The number of carbonyl (C=O) groups excluding carboxylic acids is 2. The lowest BCUT2D eigenvalue weighted by molar-refractivity contribution is 0.0861. The molecular weight excluding hydrogens is 1240 g/mol. The Bertz CT molecular complexity index is 3680. The molecule has 2 aromatic carbocycles. The minimum Gasteiger partial charge on any atom is -0.363 e. The number of fused-ring (bicyclic) bond motifs is 12. The summed E-state index contributed by atoms with van der Waals surface area (Å²) in [5.74, 6) is 1.45. The Morgan fingerprint density at radius 3 is 1.46 bits per heavy atom. The molecular formula is C68H87IN10O6S2. The lowest BCUT2D eigenvalue weighted by atomic mass is 9.90. The molecule has 10 rings (SSSR count). The van der Waals surface area contributed by atoms with Crippen molar-refractivity contribution in [1.82, 2.24) is 28.5 Å². The number of nitrogens with one attached hydrogen (secondary N) is 1. The van der Waals surface area contributed by atoms with E-state index in [1.807, 2.05) is 66.6 Å². The van der Waals surface area contributed by atoms with E-state index in [0.29, 0.717) is 35.1 Å². The molecule has 6 aromatic rings. The van der Waals surface area contributed by atoms with Crippen LogP contribution in [0.15, 0.2) is 157 Å². The molecule has 19 heteroatoms. The Morgan fingerprint density at radius 2 is 1.00 bits per heavy atom. The summed E-state index contributed by atoms with van der Waals surface area (Å²) in [6, 6.07) is 37.3. The molecule has 0 saturated carbocycles. The third-order valence-corrected chi connectivity index (χ3v) is 20.3. The van der Waals surface area contributed by atoms with Gasteiger partial charge in [0.1, 0.15) is 23.3 Å². The van der Waals surface area contributed by atoms with Crippen LogP contribution in [0.5, 0.6) is 0 Å². The molecule has 2 saturated heterocycles. The van der Waals surface area contributed by atoms with Gasteiger partial charge in [-0.05, 0) is 143 Å². The molecule has 2 unspecified atom stereocenters. The van der Waals surface area contributed by atoms with Crippen LogP contribution in [0.3, 0.4) is 0 Å². The number of aromatic nitrogens is 4. The Balaban J connectivity index is 0.000000220. The highest BCUT2D eigenvalue weighted by atomic mass is 127. The first-order valence-electron chi connectivity index (χ1n) is 29.9. The van der Waals surface area contributed by atoms with Crippen LogP contribution in [0, 0.1) is 11.8 Å². The maximum atomic E-state index is 14.3. The first kappa shape index (κ1) is 66.2. The molecule has 0 aliphatic carbocycles. The summed E-state index contributed by atoms with van der Waals surface area (Å²) in [5, 5.41) is 3.11. The summed E-state index contributed by atoms with van der Waals surface area (Å²) < 4.78 is 58.1. The van der Waals surface area contributed by atoms with E-state index in [0.717, 1.165) is 82.7 Å². The first-order chi connectivity index (χ1) is 41.0. The highest BCUT2D eigenvalue weighted by Crippen LogP contribution is 2.45. The second kappa shape index (κ2) is 26.6. The molecule has 4 aromatic heterocycles. The molecule has 16 nitrogen and oxygen atoms in total. The van der Waals surface area contributed by atoms with Crippen LogP contribution < -0.4 is 20.0 Å². The number of hydrogen-bond donors (Lipinski definition) is 1. The second-order valence-corrected chi connectivity index (χ2v) is 30.0. The zero-order chi connectivity index (χ0) is 63.4. The predicted octanol–water partition coefficient (Wildman–Crippen LogP) is 13.8. The molecule has 464 valence electrons. The Kier molecular flexibility index (Phi) is 20.2. The van der Waals surface area contributed by atoms with Gasteiger partial charge in [0, 0.05) is 53.4 Å². The van der Waals surface area contributed by atoms with Crippen LogP contribution in [0.4, 0.5) is 23.3 Å². The van der Waals surface area contributed by atoms with Crippen molar-refractivity contribution in [2.45, 2.75) is 152 Å². The molecule has 1 N–H and O–H groups in total. The van der Waals surface area contributed by atoms with Gasteiger partial charge in [0.15, 0.2) is 10.1 Å². The zero-order valence-electron chi connectivity index (χ0n) is 52.7. The van der Waals surface area contributed by atoms with Crippen molar-refractivity contribution in [3.63, 3.8) is 0 Å². The van der Waals surface area contributed by atoms with E-state index in [9.17, 15) is 26.4 Å². The van der Waals surface area contributed by atoms with E-state index in [1.165, 1.54) is 24.3 Å². The molecule has 0 radical (unpaired) electrons. The van der Waals surface area contributed by atoms with Gasteiger partial charge in [-0.15, -0.1) is 13.2 Å². The van der Waals surface area contributed by atoms with E-state index in [-0.39, 0.29) is 68.3 Å². The highest BCUT2D eigenvalue weighted by molar-refractivity contribution is 14.1. The fourth-order valence-electron chi connectivity index (χ4n) is 12.5. The van der Waals surface area contributed by atoms with E-state index >= 15 is 0 Å². The van der Waals surface area contributed by atoms with Gasteiger partial charge in [-0.2, -0.15) is 16.8 Å². The summed E-state index contributed by atoms with van der Waals surface area (Å²) in [5.41, 5.74) is 3.35. The number of carbonyl (C=O) groups is 2. The third kappa shape index (κ3) is 14.4. The molecule has 4 atom stereocenters. The number of nitrogens with zero attached hydrogens (tertiary/aromatic N) is 9. The second-order valence-electron chi connectivity index (χ2n) is 26.4. The van der Waals surface area contributed by atoms with Crippen LogP contribution in [-0.4, -0.2) is 106 Å². The van der Waals surface area contributed by atoms with Crippen LogP contribution in [-0.2, 0) is 30.9 Å². The first-order valence-corrected chi connectivity index (χ1v) is 34.9. The topological polar surface area (TPSA) is 182 Å². The average molecular weight is 1330 g/mol. The molecule has 2 fully saturated rings. The van der Waals surface area contributed by atoms with Crippen LogP contribution >= 0.6 is 22.6 Å². The average Bonchev–Trinajstić information content (AvgIpc) is 1.96. The monoisotopic (exact) mass is 1330 g/mol. The lowest BCUT2D eigenvalue weighted by Gasteiger charge is -2.35. The number of hydrogen-bond acceptors (Lipinski definition) is 14. The van der Waals surface area contributed by atoms with Crippen molar-refractivity contribution in [1.29, 1.82) is 0 Å². The lowest BCUT2D eigenvalue weighted by Crippen LogP contribution is -2.42. The molecule has 8 heterocycles. The van der Waals surface area contributed by atoms with Gasteiger partial charge in [0.2, 0.25) is 0 Å². The minimum absolute atomic E-state index is 0.0160. The van der Waals surface area contributed by atoms with Gasteiger partial charge in [-0.3, -0.25) is 9.59 Å². The number of alkyl halides is 1. The minimum atomic E-state index is -4.33. The summed E-state index contributed by atoms with van der Waals surface area (Å²) in [6.45, 7) is 29.8. The summed E-state index contributed by atoms with van der Waals surface area (Å²) >= 11 is 2.15. The van der Waals surface area contributed by atoms with Crippen LogP contribution in [0.1, 0.15) is 163 Å². The van der Waals surface area contributed by atoms with Crippen LogP contribution in [0.2, 0.25) is 0 Å². The summed E-state index contributed by atoms with van der Waals surface area (Å²) in [6.07, 6.45) is 8.28. The zero-order valence-corrected chi connectivity index (χ0v) is 56.5. The van der Waals surface area contributed by atoms with E-state index in [1.54, 1.807) is 30.3 Å². The SMILES string of the molecule is C=CCN1C(=O)c2ccc(C(C)(C)C)nc2N2C[C@@H](CCC(c3ccccc3)N(C)c3cccc(n3)S1(=O)=O)CC2(C)C.C=CCN1C(=O)c2ccc(C(C)(C)C)nc2N2C[C@@H](CCC(c3ccccc3)Nc3cccc(n3)S1(=O)=O)CC2(C)C.CI. The molecule has 2 amide bonds. The fourth-order valence-corrected chi connectivity index (χ4v) is 15.1. The maximum Gasteiger partial charge on any atom is 0.284 e. The normalized spacial score (nSPS) is 21.6. The van der Waals surface area contributed by atoms with Crippen LogP contribution in [0.25, 0.3) is 0 Å². The van der Waals surface area contributed by atoms with Crippen molar-refractivity contribution >= 4 is 77.7 Å². The highest BCUT2D eigenvalue weighted by Gasteiger charge is 2.45. The van der Waals surface area contributed by atoms with Crippen molar-refractivity contribution in [3.8, 4) is 0 Å². The Labute approximate surface area is 531 Å².